The van der Waals surface area contributed by atoms with E-state index in [-0.39, 0.29) is 6.04 Å². The largest absolute Gasteiger partial charge is 0.465 e. The Morgan fingerprint density at radius 3 is 2.16 bits per heavy atom. The first-order chi connectivity index (χ1) is 15.1. The van der Waals surface area contributed by atoms with Gasteiger partial charge >= 0.3 is 6.09 Å². The summed E-state index contributed by atoms with van der Waals surface area (Å²) in [5.41, 5.74) is 3.11. The normalized spacial score (nSPS) is 19.5. The number of amides is 1. The number of hydrogen-bond donors (Lipinski definition) is 1. The quantitative estimate of drug-likeness (QED) is 0.455. The Morgan fingerprint density at radius 1 is 0.871 bits per heavy atom. The second kappa shape index (κ2) is 8.04. The third-order valence-electron chi connectivity index (χ3n) is 6.02. The van der Waals surface area contributed by atoms with Gasteiger partial charge in [-0.05, 0) is 30.7 Å². The minimum atomic E-state index is -0.795. The summed E-state index contributed by atoms with van der Waals surface area (Å²) in [7, 11) is 0. The van der Waals surface area contributed by atoms with Gasteiger partial charge in [-0.3, -0.25) is 9.97 Å². The van der Waals surface area contributed by atoms with Gasteiger partial charge in [0.25, 0.3) is 0 Å². The zero-order valence-corrected chi connectivity index (χ0v) is 17.5. The Hall–Kier alpha value is -3.38. The van der Waals surface area contributed by atoms with Gasteiger partial charge < -0.3 is 14.9 Å². The van der Waals surface area contributed by atoms with Crippen molar-refractivity contribution in [3.05, 3.63) is 78.1 Å². The molecule has 31 heavy (non-hydrogen) atoms. The number of para-hydroxylation sites is 2. The summed E-state index contributed by atoms with van der Waals surface area (Å²) in [5.74, 6) is 0. The van der Waals surface area contributed by atoms with E-state index in [4.69, 9.17) is 16.7 Å². The van der Waals surface area contributed by atoms with E-state index in [9.17, 15) is 4.79 Å². The van der Waals surface area contributed by atoms with Crippen LogP contribution in [-0.4, -0.2) is 51.2 Å². The van der Waals surface area contributed by atoms with Crippen molar-refractivity contribution in [2.24, 2.45) is 0 Å². The zero-order chi connectivity index (χ0) is 21.4. The van der Waals surface area contributed by atoms with E-state index in [1.807, 2.05) is 54.7 Å². The molecular formula is C24H21ClN4O2. The molecule has 6 rings (SSSR count). The van der Waals surface area contributed by atoms with E-state index in [1.54, 1.807) is 17.2 Å². The van der Waals surface area contributed by atoms with Gasteiger partial charge in [-0.15, -0.1) is 0 Å². The minimum Gasteiger partial charge on any atom is -0.465 e. The maximum Gasteiger partial charge on any atom is 0.407 e. The summed E-state index contributed by atoms with van der Waals surface area (Å²) in [5, 5.41) is 12.1. The number of likely N-dealkylation sites (tertiary alicyclic amines) is 1. The summed E-state index contributed by atoms with van der Waals surface area (Å²) in [4.78, 5) is 23.6. The van der Waals surface area contributed by atoms with Crippen LogP contribution in [0.25, 0.3) is 21.8 Å². The van der Waals surface area contributed by atoms with Crippen LogP contribution in [0.4, 0.5) is 10.5 Å². The molecule has 0 radical (unpaired) electrons. The molecule has 7 heteroatoms. The highest BCUT2D eigenvalue weighted by Crippen LogP contribution is 2.37. The minimum absolute atomic E-state index is 0.129. The first kappa shape index (κ1) is 19.6. The highest BCUT2D eigenvalue weighted by molar-refractivity contribution is 6.35. The molecule has 4 aromatic rings. The van der Waals surface area contributed by atoms with E-state index in [0.717, 1.165) is 39.8 Å². The van der Waals surface area contributed by atoms with Gasteiger partial charge in [0.15, 0.2) is 0 Å². The molecule has 2 bridgehead atoms. The lowest BCUT2D eigenvalue weighted by Crippen LogP contribution is -2.48. The molecule has 2 fully saturated rings. The maximum absolute atomic E-state index is 11.1. The molecule has 2 saturated heterocycles. The molecule has 1 amide bonds. The van der Waals surface area contributed by atoms with Crippen LogP contribution in [0.2, 0.25) is 5.02 Å². The van der Waals surface area contributed by atoms with E-state index in [2.05, 4.69) is 20.9 Å². The van der Waals surface area contributed by atoms with E-state index < -0.39 is 6.09 Å². The zero-order valence-electron chi connectivity index (χ0n) is 16.7. The van der Waals surface area contributed by atoms with Gasteiger partial charge in [0.2, 0.25) is 0 Å². The highest BCUT2D eigenvalue weighted by Gasteiger charge is 2.45. The van der Waals surface area contributed by atoms with Gasteiger partial charge in [-0.2, -0.15) is 0 Å². The molecule has 0 unspecified atom stereocenters. The lowest BCUT2D eigenvalue weighted by atomic mass is 10.1. The Labute approximate surface area is 184 Å². The molecule has 2 aliphatic rings. The third kappa shape index (κ3) is 3.64. The topological polar surface area (TPSA) is 69.6 Å². The molecule has 4 heterocycles. The van der Waals surface area contributed by atoms with Crippen molar-refractivity contribution in [2.45, 2.75) is 18.5 Å². The molecule has 6 nitrogen and oxygen atoms in total. The van der Waals surface area contributed by atoms with Crippen LogP contribution in [0.1, 0.15) is 6.42 Å². The van der Waals surface area contributed by atoms with Crippen molar-refractivity contribution in [2.75, 3.05) is 18.0 Å². The van der Waals surface area contributed by atoms with E-state index in [0.29, 0.717) is 12.6 Å². The number of carbonyl (C=O) groups is 1. The Kier molecular flexibility index (Phi) is 5.08. The molecular weight excluding hydrogens is 412 g/mol. The van der Waals surface area contributed by atoms with Crippen molar-refractivity contribution in [1.29, 1.82) is 0 Å². The molecule has 2 aliphatic heterocycles. The summed E-state index contributed by atoms with van der Waals surface area (Å²) in [6.07, 6.45) is 3.68. The number of anilines is 1. The number of rotatable bonds is 1. The predicted octanol–water partition coefficient (Wildman–Crippen LogP) is 5.06. The Morgan fingerprint density at radius 2 is 1.52 bits per heavy atom. The number of aromatic nitrogens is 2. The number of fused-ring (bicyclic) bond motifs is 4. The molecule has 2 aromatic carbocycles. The van der Waals surface area contributed by atoms with Crippen molar-refractivity contribution >= 4 is 45.2 Å². The highest BCUT2D eigenvalue weighted by atomic mass is 35.5. The van der Waals surface area contributed by atoms with Gasteiger partial charge in [0, 0.05) is 48.0 Å². The molecule has 0 spiro atoms. The van der Waals surface area contributed by atoms with E-state index >= 15 is 0 Å². The summed E-state index contributed by atoms with van der Waals surface area (Å²) in [6.45, 7) is 1.39. The predicted molar refractivity (Wildman–Crippen MR) is 123 cm³/mol. The standard InChI is InChI=1S/C15H15N3O2.C9H6ClN/c19-15(20)18-9-10-7-11(18)8-17(10)14-5-6-16-13-4-2-1-3-12(13)14;10-8-5-6-11-9-4-2-1-3-7(8)9/h1-6,10-11H,7-9H2,(H,19,20);1-6H/t10-,11-;/m0./s1. The molecule has 0 saturated carbocycles. The number of nitrogens with zero attached hydrogens (tertiary/aromatic N) is 4. The van der Waals surface area contributed by atoms with Crippen molar-refractivity contribution in [3.63, 3.8) is 0 Å². The van der Waals surface area contributed by atoms with Crippen LogP contribution in [0.5, 0.6) is 0 Å². The summed E-state index contributed by atoms with van der Waals surface area (Å²) >= 11 is 5.92. The number of carboxylic acid groups (broad SMARTS) is 1. The van der Waals surface area contributed by atoms with Gasteiger partial charge in [0.05, 0.1) is 22.1 Å². The molecule has 1 N–H and O–H groups in total. The fraction of sp³-hybridized carbons (Fsp3) is 0.208. The Balaban J connectivity index is 0.000000157. The second-order valence-electron chi connectivity index (χ2n) is 7.79. The number of benzene rings is 2. The number of halogens is 1. The third-order valence-corrected chi connectivity index (χ3v) is 6.35. The fourth-order valence-electron chi connectivity index (χ4n) is 4.59. The maximum atomic E-state index is 11.1. The molecule has 0 aliphatic carbocycles. The van der Waals surface area contributed by atoms with Crippen molar-refractivity contribution in [3.8, 4) is 0 Å². The average Bonchev–Trinajstić information content (AvgIpc) is 3.41. The van der Waals surface area contributed by atoms with Crippen LogP contribution in [0, 0.1) is 0 Å². The summed E-state index contributed by atoms with van der Waals surface area (Å²) in [6, 6.07) is 20.2. The van der Waals surface area contributed by atoms with Crippen molar-refractivity contribution in [1.82, 2.24) is 14.9 Å². The van der Waals surface area contributed by atoms with Crippen molar-refractivity contribution < 1.29 is 9.90 Å². The summed E-state index contributed by atoms with van der Waals surface area (Å²) < 4.78 is 0. The van der Waals surface area contributed by atoms with Gasteiger partial charge in [-0.25, -0.2) is 4.79 Å². The molecule has 156 valence electrons. The lowest BCUT2D eigenvalue weighted by molar-refractivity contribution is 0.137. The van der Waals surface area contributed by atoms with Crippen LogP contribution in [0.15, 0.2) is 73.1 Å². The van der Waals surface area contributed by atoms with Crippen LogP contribution < -0.4 is 4.90 Å². The number of hydrogen-bond acceptors (Lipinski definition) is 4. The number of pyridine rings is 2. The monoisotopic (exact) mass is 432 g/mol. The van der Waals surface area contributed by atoms with Crippen LogP contribution >= 0.6 is 11.6 Å². The van der Waals surface area contributed by atoms with Gasteiger partial charge in [-0.1, -0.05) is 48.0 Å². The molecule has 2 atom stereocenters. The van der Waals surface area contributed by atoms with Gasteiger partial charge in [0.1, 0.15) is 0 Å². The van der Waals surface area contributed by atoms with Crippen LogP contribution in [-0.2, 0) is 0 Å². The Bertz CT molecular complexity index is 1250. The number of piperazine rings is 1. The lowest BCUT2D eigenvalue weighted by Gasteiger charge is -2.34. The average molecular weight is 433 g/mol. The van der Waals surface area contributed by atoms with Crippen LogP contribution in [0.3, 0.4) is 0 Å². The fourth-order valence-corrected chi connectivity index (χ4v) is 4.80. The first-order valence-electron chi connectivity index (χ1n) is 10.2. The first-order valence-corrected chi connectivity index (χ1v) is 10.6. The second-order valence-corrected chi connectivity index (χ2v) is 8.19. The van der Waals surface area contributed by atoms with E-state index in [1.165, 1.54) is 5.69 Å². The SMILES string of the molecule is Clc1ccnc2ccccc12.O=C(O)N1C[C@@H]2C[C@H]1CN2c1ccnc2ccccc12. The molecule has 2 aromatic heterocycles. The smallest absolute Gasteiger partial charge is 0.407 e.